The smallest absolute Gasteiger partial charge is 0.125 e. The second-order valence-corrected chi connectivity index (χ2v) is 2.27. The summed E-state index contributed by atoms with van der Waals surface area (Å²) in [5.41, 5.74) is 0. The highest BCUT2D eigenvalue weighted by atomic mass is 17.5. The molecule has 0 aromatic rings. The molecular formula is C5H8O3. The Kier molecular flexibility index (Phi) is 0.997. The van der Waals surface area contributed by atoms with Gasteiger partial charge < -0.3 is 0 Å². The second-order valence-electron chi connectivity index (χ2n) is 2.27. The SMILES string of the molecule is C1CC2OOOC2C1. The van der Waals surface area contributed by atoms with E-state index in [4.69, 9.17) is 9.78 Å². The van der Waals surface area contributed by atoms with Crippen LogP contribution in [0.5, 0.6) is 0 Å². The van der Waals surface area contributed by atoms with Crippen LogP contribution in [0.2, 0.25) is 0 Å². The normalized spacial score (nSPS) is 45.0. The molecule has 1 aliphatic carbocycles. The van der Waals surface area contributed by atoms with Crippen LogP contribution in [-0.2, 0) is 14.8 Å². The summed E-state index contributed by atoms with van der Waals surface area (Å²) in [4.78, 5) is 9.51. The third-order valence-electron chi connectivity index (χ3n) is 1.72. The molecule has 2 aliphatic rings. The minimum Gasteiger partial charge on any atom is -0.200 e. The van der Waals surface area contributed by atoms with Gasteiger partial charge in [-0.15, -0.1) is 0 Å². The van der Waals surface area contributed by atoms with Gasteiger partial charge in [0.1, 0.15) is 12.2 Å². The van der Waals surface area contributed by atoms with Crippen molar-refractivity contribution < 1.29 is 14.8 Å². The Morgan fingerprint density at radius 1 is 1.00 bits per heavy atom. The largest absolute Gasteiger partial charge is 0.200 e. The van der Waals surface area contributed by atoms with Crippen LogP contribution in [-0.4, -0.2) is 12.2 Å². The zero-order valence-corrected chi connectivity index (χ0v) is 4.50. The van der Waals surface area contributed by atoms with Gasteiger partial charge in [-0.1, -0.05) is 5.04 Å². The third-order valence-corrected chi connectivity index (χ3v) is 1.72. The highest BCUT2D eigenvalue weighted by Crippen LogP contribution is 2.29. The van der Waals surface area contributed by atoms with Crippen LogP contribution in [0.15, 0.2) is 0 Å². The predicted octanol–water partition coefficient (Wildman–Crippen LogP) is 0.801. The van der Waals surface area contributed by atoms with E-state index >= 15 is 0 Å². The third kappa shape index (κ3) is 0.555. The van der Waals surface area contributed by atoms with Gasteiger partial charge in [-0.25, -0.2) is 0 Å². The molecule has 0 N–H and O–H groups in total. The topological polar surface area (TPSA) is 27.7 Å². The predicted molar refractivity (Wildman–Crippen MR) is 24.7 cm³/mol. The summed E-state index contributed by atoms with van der Waals surface area (Å²) in [6, 6.07) is 0. The van der Waals surface area contributed by atoms with E-state index in [1.807, 2.05) is 0 Å². The van der Waals surface area contributed by atoms with E-state index in [0.717, 1.165) is 12.8 Å². The minimum atomic E-state index is 0.231. The summed E-state index contributed by atoms with van der Waals surface area (Å²) < 4.78 is 0. The van der Waals surface area contributed by atoms with Crippen LogP contribution in [0.4, 0.5) is 0 Å². The molecule has 3 heteroatoms. The van der Waals surface area contributed by atoms with Crippen molar-refractivity contribution in [2.75, 3.05) is 0 Å². The van der Waals surface area contributed by atoms with Gasteiger partial charge in [0.05, 0.1) is 0 Å². The van der Waals surface area contributed by atoms with Crippen molar-refractivity contribution in [1.82, 2.24) is 0 Å². The van der Waals surface area contributed by atoms with E-state index in [-0.39, 0.29) is 12.2 Å². The van der Waals surface area contributed by atoms with Crippen LogP contribution in [0.1, 0.15) is 19.3 Å². The van der Waals surface area contributed by atoms with Gasteiger partial charge in [0.15, 0.2) is 0 Å². The van der Waals surface area contributed by atoms with Gasteiger partial charge in [-0.3, -0.25) is 0 Å². The van der Waals surface area contributed by atoms with Crippen LogP contribution in [0.3, 0.4) is 0 Å². The molecule has 2 unspecified atom stereocenters. The van der Waals surface area contributed by atoms with Crippen LogP contribution in [0.25, 0.3) is 0 Å². The van der Waals surface area contributed by atoms with E-state index in [1.54, 1.807) is 0 Å². The van der Waals surface area contributed by atoms with Gasteiger partial charge in [0, 0.05) is 0 Å². The second kappa shape index (κ2) is 1.69. The summed E-state index contributed by atoms with van der Waals surface area (Å²) in [6.45, 7) is 0. The average Bonchev–Trinajstić information content (AvgIpc) is 2.15. The Labute approximate surface area is 47.4 Å². The fourth-order valence-electron chi connectivity index (χ4n) is 1.24. The van der Waals surface area contributed by atoms with Crippen molar-refractivity contribution in [3.05, 3.63) is 0 Å². The maximum Gasteiger partial charge on any atom is 0.125 e. The maximum atomic E-state index is 4.75. The van der Waals surface area contributed by atoms with E-state index in [2.05, 4.69) is 5.04 Å². The van der Waals surface area contributed by atoms with Crippen molar-refractivity contribution in [2.24, 2.45) is 0 Å². The molecule has 1 heterocycles. The molecule has 0 spiro atoms. The first-order valence-electron chi connectivity index (χ1n) is 2.95. The first-order chi connectivity index (χ1) is 3.97. The summed E-state index contributed by atoms with van der Waals surface area (Å²) in [5.74, 6) is 0. The molecule has 0 amide bonds. The summed E-state index contributed by atoms with van der Waals surface area (Å²) in [6.07, 6.45) is 3.85. The Bertz CT molecular complexity index is 73.7. The molecule has 46 valence electrons. The molecule has 0 bridgehead atoms. The number of hydrogen-bond acceptors (Lipinski definition) is 3. The fourth-order valence-corrected chi connectivity index (χ4v) is 1.24. The zero-order valence-electron chi connectivity index (χ0n) is 4.50. The van der Waals surface area contributed by atoms with Crippen molar-refractivity contribution in [3.8, 4) is 0 Å². The summed E-state index contributed by atoms with van der Waals surface area (Å²) in [7, 11) is 0. The van der Waals surface area contributed by atoms with Gasteiger partial charge in [0.2, 0.25) is 0 Å². The zero-order chi connectivity index (χ0) is 5.40. The van der Waals surface area contributed by atoms with Crippen molar-refractivity contribution in [3.63, 3.8) is 0 Å². The van der Waals surface area contributed by atoms with Gasteiger partial charge >= 0.3 is 0 Å². The molecule has 1 saturated heterocycles. The van der Waals surface area contributed by atoms with Gasteiger partial charge in [0.25, 0.3) is 0 Å². The standard InChI is InChI=1S/C5H8O3/c1-2-4-5(3-1)7-8-6-4/h4-5H,1-3H2. The Hall–Kier alpha value is -0.120. The monoisotopic (exact) mass is 116 g/mol. The molecule has 0 aromatic carbocycles. The molecule has 2 rings (SSSR count). The number of fused-ring (bicyclic) bond motifs is 1. The molecule has 3 nitrogen and oxygen atoms in total. The first-order valence-corrected chi connectivity index (χ1v) is 2.95. The van der Waals surface area contributed by atoms with E-state index in [0.29, 0.717) is 0 Å². The number of hydrogen-bond donors (Lipinski definition) is 0. The van der Waals surface area contributed by atoms with Crippen LogP contribution < -0.4 is 0 Å². The maximum absolute atomic E-state index is 4.75. The molecule has 1 saturated carbocycles. The van der Waals surface area contributed by atoms with E-state index in [1.165, 1.54) is 6.42 Å². The van der Waals surface area contributed by atoms with Crippen molar-refractivity contribution in [1.29, 1.82) is 0 Å². The molecule has 0 aromatic heterocycles. The average molecular weight is 116 g/mol. The molecule has 0 radical (unpaired) electrons. The lowest BCUT2D eigenvalue weighted by atomic mass is 10.3. The van der Waals surface area contributed by atoms with E-state index < -0.39 is 0 Å². The van der Waals surface area contributed by atoms with Gasteiger partial charge in [-0.2, -0.15) is 9.78 Å². The highest BCUT2D eigenvalue weighted by molar-refractivity contribution is 4.77. The number of rotatable bonds is 0. The van der Waals surface area contributed by atoms with Crippen LogP contribution >= 0.6 is 0 Å². The molecular weight excluding hydrogens is 108 g/mol. The first kappa shape index (κ1) is 4.73. The lowest BCUT2D eigenvalue weighted by molar-refractivity contribution is -0.468. The van der Waals surface area contributed by atoms with E-state index in [9.17, 15) is 0 Å². The van der Waals surface area contributed by atoms with Crippen molar-refractivity contribution in [2.45, 2.75) is 31.5 Å². The van der Waals surface area contributed by atoms with Crippen molar-refractivity contribution >= 4 is 0 Å². The lowest BCUT2D eigenvalue weighted by Gasteiger charge is -1.96. The Morgan fingerprint density at radius 3 is 2.25 bits per heavy atom. The molecule has 2 atom stereocenters. The summed E-state index contributed by atoms with van der Waals surface area (Å²) >= 11 is 0. The molecule has 8 heavy (non-hydrogen) atoms. The molecule has 1 aliphatic heterocycles. The quantitative estimate of drug-likeness (QED) is 0.438. The lowest BCUT2D eigenvalue weighted by Crippen LogP contribution is -2.13. The van der Waals surface area contributed by atoms with Gasteiger partial charge in [-0.05, 0) is 19.3 Å². The summed E-state index contributed by atoms with van der Waals surface area (Å²) in [5, 5.41) is 4.31. The minimum absolute atomic E-state index is 0.231. The Balaban J connectivity index is 2.04. The highest BCUT2D eigenvalue weighted by Gasteiger charge is 2.36. The molecule has 2 fully saturated rings. The fraction of sp³-hybridized carbons (Fsp3) is 1.00. The van der Waals surface area contributed by atoms with Crippen LogP contribution in [0, 0.1) is 0 Å². The Morgan fingerprint density at radius 2 is 1.62 bits per heavy atom.